The van der Waals surface area contributed by atoms with Crippen molar-refractivity contribution >= 4 is 26.6 Å². The van der Waals surface area contributed by atoms with Crippen LogP contribution in [0.2, 0.25) is 0 Å². The highest BCUT2D eigenvalue weighted by Gasteiger charge is 2.38. The van der Waals surface area contributed by atoms with Gasteiger partial charge in [0.25, 0.3) is 5.91 Å². The molecule has 0 aliphatic carbocycles. The maximum absolute atomic E-state index is 13.0. The van der Waals surface area contributed by atoms with Crippen LogP contribution in [0.4, 0.5) is 0 Å². The average molecular weight is 332 g/mol. The van der Waals surface area contributed by atoms with E-state index in [2.05, 4.69) is 4.98 Å². The van der Waals surface area contributed by atoms with Crippen molar-refractivity contribution in [3.63, 3.8) is 0 Å². The lowest BCUT2D eigenvalue weighted by Crippen LogP contribution is -2.54. The first-order valence-corrected chi connectivity index (χ1v) is 9.42. The molecule has 1 aliphatic rings. The van der Waals surface area contributed by atoms with E-state index < -0.39 is 15.1 Å². The predicted molar refractivity (Wildman–Crippen MR) is 90.2 cm³/mol. The number of aryl methyl sites for hydroxylation is 1. The van der Waals surface area contributed by atoms with Gasteiger partial charge in [0.2, 0.25) is 0 Å². The van der Waals surface area contributed by atoms with E-state index in [0.717, 1.165) is 11.1 Å². The molecule has 1 aliphatic heterocycles. The van der Waals surface area contributed by atoms with Gasteiger partial charge in [-0.15, -0.1) is 0 Å². The summed E-state index contributed by atoms with van der Waals surface area (Å²) in [5.74, 6) is -0.135. The zero-order valence-electron chi connectivity index (χ0n) is 13.5. The molecular weight excluding hydrogens is 312 g/mol. The standard InChI is InChI=1S/C17H20N2O3S/c1-11-7-8-14-5-4-6-15(16(14)18-11)17(20)19-9-10-23(21,22)13(3)12(19)2/h4-8,12-13H,9-10H2,1-3H3/t12-,13-/m0/s1. The summed E-state index contributed by atoms with van der Waals surface area (Å²) in [5, 5.41) is 0.358. The number of sulfone groups is 1. The molecule has 1 saturated heterocycles. The van der Waals surface area contributed by atoms with Crippen molar-refractivity contribution in [1.82, 2.24) is 9.88 Å². The maximum atomic E-state index is 13.0. The van der Waals surface area contributed by atoms with Crippen LogP contribution in [0.3, 0.4) is 0 Å². The number of carbonyl (C=O) groups excluding carboxylic acids is 1. The van der Waals surface area contributed by atoms with Gasteiger partial charge in [-0.25, -0.2) is 8.42 Å². The Bertz CT molecular complexity index is 877. The molecule has 1 fully saturated rings. The van der Waals surface area contributed by atoms with Crippen molar-refractivity contribution in [2.45, 2.75) is 32.1 Å². The Morgan fingerprint density at radius 2 is 1.96 bits per heavy atom. The molecule has 6 heteroatoms. The number of nitrogens with zero attached hydrogens (tertiary/aromatic N) is 2. The van der Waals surface area contributed by atoms with Gasteiger partial charge in [-0.2, -0.15) is 0 Å². The lowest BCUT2D eigenvalue weighted by molar-refractivity contribution is 0.0695. The molecule has 0 spiro atoms. The SMILES string of the molecule is Cc1ccc2cccc(C(=O)N3CCS(=O)(=O)[C@@H](C)[C@@H]3C)c2n1. The third-order valence-corrected chi connectivity index (χ3v) is 6.98. The molecule has 2 heterocycles. The monoisotopic (exact) mass is 332 g/mol. The van der Waals surface area contributed by atoms with E-state index in [1.54, 1.807) is 24.8 Å². The summed E-state index contributed by atoms with van der Waals surface area (Å²) < 4.78 is 24.0. The molecule has 3 rings (SSSR count). The van der Waals surface area contributed by atoms with Crippen molar-refractivity contribution in [2.75, 3.05) is 12.3 Å². The summed E-state index contributed by atoms with van der Waals surface area (Å²) in [5.41, 5.74) is 2.05. The number of pyridine rings is 1. The summed E-state index contributed by atoms with van der Waals surface area (Å²) in [4.78, 5) is 19.1. The topological polar surface area (TPSA) is 67.3 Å². The Balaban J connectivity index is 2.03. The smallest absolute Gasteiger partial charge is 0.256 e. The minimum Gasteiger partial charge on any atom is -0.334 e. The van der Waals surface area contributed by atoms with Gasteiger partial charge in [-0.3, -0.25) is 9.78 Å². The first-order valence-electron chi connectivity index (χ1n) is 7.70. The summed E-state index contributed by atoms with van der Waals surface area (Å²) >= 11 is 0. The fourth-order valence-electron chi connectivity index (χ4n) is 3.03. The highest BCUT2D eigenvalue weighted by atomic mass is 32.2. The number of hydrogen-bond donors (Lipinski definition) is 0. The average Bonchev–Trinajstić information content (AvgIpc) is 2.51. The van der Waals surface area contributed by atoms with E-state index in [0.29, 0.717) is 11.1 Å². The molecule has 122 valence electrons. The van der Waals surface area contributed by atoms with Gasteiger partial charge in [0.1, 0.15) is 0 Å². The zero-order chi connectivity index (χ0) is 16.8. The molecule has 2 aromatic rings. The Morgan fingerprint density at radius 1 is 1.22 bits per heavy atom. The van der Waals surface area contributed by atoms with Crippen LogP contribution in [-0.2, 0) is 9.84 Å². The predicted octanol–water partition coefficient (Wildman–Crippen LogP) is 2.19. The highest BCUT2D eigenvalue weighted by Crippen LogP contribution is 2.24. The number of amides is 1. The molecule has 0 N–H and O–H groups in total. The lowest BCUT2D eigenvalue weighted by atomic mass is 10.1. The lowest BCUT2D eigenvalue weighted by Gasteiger charge is -2.37. The van der Waals surface area contributed by atoms with E-state index in [4.69, 9.17) is 0 Å². The quantitative estimate of drug-likeness (QED) is 0.803. The van der Waals surface area contributed by atoms with Gasteiger partial charge < -0.3 is 4.90 Å². The van der Waals surface area contributed by atoms with E-state index in [9.17, 15) is 13.2 Å². The van der Waals surface area contributed by atoms with Gasteiger partial charge in [0.05, 0.1) is 22.1 Å². The van der Waals surface area contributed by atoms with Crippen LogP contribution in [-0.4, -0.2) is 47.8 Å². The Hall–Kier alpha value is -1.95. The molecule has 1 aromatic heterocycles. The number of hydrogen-bond acceptors (Lipinski definition) is 4. The summed E-state index contributed by atoms with van der Waals surface area (Å²) in [6, 6.07) is 9.03. The molecule has 5 nitrogen and oxygen atoms in total. The van der Waals surface area contributed by atoms with Crippen LogP contribution in [0, 0.1) is 6.92 Å². The van der Waals surface area contributed by atoms with Gasteiger partial charge >= 0.3 is 0 Å². The number of fused-ring (bicyclic) bond motifs is 1. The molecule has 0 saturated carbocycles. The molecule has 0 unspecified atom stereocenters. The molecule has 0 radical (unpaired) electrons. The van der Waals surface area contributed by atoms with E-state index >= 15 is 0 Å². The number of carbonyl (C=O) groups is 1. The first kappa shape index (κ1) is 15.9. The first-order chi connectivity index (χ1) is 10.8. The van der Waals surface area contributed by atoms with Crippen molar-refractivity contribution in [3.8, 4) is 0 Å². The second kappa shape index (κ2) is 5.60. The van der Waals surface area contributed by atoms with E-state index in [1.165, 1.54) is 0 Å². The normalized spacial score (nSPS) is 23.9. The number of benzene rings is 1. The molecular formula is C17H20N2O3S. The number of aromatic nitrogens is 1. The third kappa shape index (κ3) is 2.72. The van der Waals surface area contributed by atoms with E-state index in [-0.39, 0.29) is 24.2 Å². The highest BCUT2D eigenvalue weighted by molar-refractivity contribution is 7.92. The number of para-hydroxylation sites is 1. The Kier molecular flexibility index (Phi) is 3.88. The summed E-state index contributed by atoms with van der Waals surface area (Å²) in [6.45, 7) is 5.59. The van der Waals surface area contributed by atoms with Gasteiger partial charge in [-0.1, -0.05) is 18.2 Å². The Morgan fingerprint density at radius 3 is 2.70 bits per heavy atom. The fourth-order valence-corrected chi connectivity index (χ4v) is 4.60. The summed E-state index contributed by atoms with van der Waals surface area (Å²) in [7, 11) is -3.12. The van der Waals surface area contributed by atoms with Crippen LogP contribution >= 0.6 is 0 Å². The van der Waals surface area contributed by atoms with Crippen LogP contribution in [0.1, 0.15) is 29.9 Å². The molecule has 1 amide bonds. The third-order valence-electron chi connectivity index (χ3n) is 4.70. The minimum absolute atomic E-state index is 0.0153. The van der Waals surface area contributed by atoms with Gasteiger partial charge in [0, 0.05) is 23.7 Å². The second-order valence-corrected chi connectivity index (χ2v) is 8.62. The van der Waals surface area contributed by atoms with Crippen LogP contribution < -0.4 is 0 Å². The van der Waals surface area contributed by atoms with Gasteiger partial charge in [0.15, 0.2) is 9.84 Å². The van der Waals surface area contributed by atoms with Gasteiger partial charge in [-0.05, 0) is 32.9 Å². The van der Waals surface area contributed by atoms with Crippen molar-refractivity contribution < 1.29 is 13.2 Å². The van der Waals surface area contributed by atoms with E-state index in [1.807, 2.05) is 31.2 Å². The molecule has 23 heavy (non-hydrogen) atoms. The van der Waals surface area contributed by atoms with Crippen LogP contribution in [0.15, 0.2) is 30.3 Å². The van der Waals surface area contributed by atoms with Crippen LogP contribution in [0.5, 0.6) is 0 Å². The molecule has 2 atom stereocenters. The summed E-state index contributed by atoms with van der Waals surface area (Å²) in [6.07, 6.45) is 0. The van der Waals surface area contributed by atoms with Crippen molar-refractivity contribution in [2.24, 2.45) is 0 Å². The van der Waals surface area contributed by atoms with Crippen LogP contribution in [0.25, 0.3) is 10.9 Å². The Labute approximate surface area is 136 Å². The van der Waals surface area contributed by atoms with Crippen molar-refractivity contribution in [1.29, 1.82) is 0 Å². The fraction of sp³-hybridized carbons (Fsp3) is 0.412. The maximum Gasteiger partial charge on any atom is 0.256 e. The largest absolute Gasteiger partial charge is 0.334 e. The van der Waals surface area contributed by atoms with Crippen molar-refractivity contribution in [3.05, 3.63) is 41.6 Å². The zero-order valence-corrected chi connectivity index (χ0v) is 14.3. The molecule has 0 bridgehead atoms. The second-order valence-electron chi connectivity index (χ2n) is 6.14. The number of rotatable bonds is 1. The minimum atomic E-state index is -3.12. The molecule has 1 aromatic carbocycles.